The van der Waals surface area contributed by atoms with Crippen LogP contribution in [0.15, 0.2) is 0 Å². The number of likely N-dealkylation sites (tertiary alicyclic amines) is 1. The van der Waals surface area contributed by atoms with Crippen molar-refractivity contribution in [3.8, 4) is 0 Å². The van der Waals surface area contributed by atoms with Crippen molar-refractivity contribution in [2.45, 2.75) is 58.2 Å². The van der Waals surface area contributed by atoms with Crippen LogP contribution >= 0.6 is 11.3 Å². The Morgan fingerprint density at radius 1 is 1.28 bits per heavy atom. The zero-order chi connectivity index (χ0) is 12.7. The fraction of sp³-hybridized carbons (Fsp3) is 0.786. The lowest BCUT2D eigenvalue weighted by molar-refractivity contribution is 0.258. The van der Waals surface area contributed by atoms with Crippen molar-refractivity contribution in [1.82, 2.24) is 15.2 Å². The van der Waals surface area contributed by atoms with E-state index in [1.54, 1.807) is 0 Å². The average Bonchev–Trinajstić information content (AvgIpc) is 2.89. The number of hydrogen-bond acceptors (Lipinski definition) is 4. The second-order valence-corrected chi connectivity index (χ2v) is 7.01. The number of nitrogens with one attached hydrogen (secondary N) is 1. The Morgan fingerprint density at radius 2 is 2.06 bits per heavy atom. The van der Waals surface area contributed by atoms with Gasteiger partial charge in [-0.1, -0.05) is 0 Å². The smallest absolute Gasteiger partial charge is 0.0900 e. The zero-order valence-electron chi connectivity index (χ0n) is 11.6. The second kappa shape index (κ2) is 4.91. The van der Waals surface area contributed by atoms with Crippen molar-refractivity contribution in [3.05, 3.63) is 15.6 Å². The van der Waals surface area contributed by atoms with Crippen LogP contribution in [0.1, 0.15) is 47.8 Å². The fourth-order valence-electron chi connectivity index (χ4n) is 2.96. The third-order valence-electron chi connectivity index (χ3n) is 4.13. The molecule has 1 aromatic heterocycles. The predicted octanol–water partition coefficient (Wildman–Crippen LogP) is 2.65. The van der Waals surface area contributed by atoms with E-state index in [-0.39, 0.29) is 0 Å². The van der Waals surface area contributed by atoms with Gasteiger partial charge in [-0.05, 0) is 40.0 Å². The van der Waals surface area contributed by atoms with Gasteiger partial charge < -0.3 is 5.32 Å². The molecule has 2 atom stereocenters. The first-order chi connectivity index (χ1) is 8.63. The maximum absolute atomic E-state index is 4.56. The molecule has 0 spiro atoms. The summed E-state index contributed by atoms with van der Waals surface area (Å²) in [4.78, 5) is 8.63. The summed E-state index contributed by atoms with van der Waals surface area (Å²) in [6.07, 6.45) is 4.08. The Hall–Kier alpha value is -0.450. The molecule has 1 aliphatic heterocycles. The van der Waals surface area contributed by atoms with Crippen molar-refractivity contribution in [1.29, 1.82) is 0 Å². The molecule has 0 aromatic carbocycles. The molecule has 1 aromatic rings. The molecular weight excluding hydrogens is 242 g/mol. The van der Waals surface area contributed by atoms with E-state index in [1.165, 1.54) is 47.9 Å². The van der Waals surface area contributed by atoms with Crippen LogP contribution in [0.25, 0.3) is 0 Å². The number of thiazole rings is 1. The van der Waals surface area contributed by atoms with E-state index in [2.05, 4.69) is 36.0 Å². The van der Waals surface area contributed by atoms with Crippen molar-refractivity contribution < 1.29 is 0 Å². The number of nitrogens with zero attached hydrogens (tertiary/aromatic N) is 2. The summed E-state index contributed by atoms with van der Waals surface area (Å²) in [6.45, 7) is 9.01. The minimum atomic E-state index is 0.530. The molecule has 0 bridgehead atoms. The maximum Gasteiger partial charge on any atom is 0.0900 e. The summed E-state index contributed by atoms with van der Waals surface area (Å²) in [6, 6.07) is 2.08. The Bertz CT molecular complexity index is 425. The Kier molecular flexibility index (Phi) is 3.43. The molecule has 1 N–H and O–H groups in total. The zero-order valence-corrected chi connectivity index (χ0v) is 12.4. The highest BCUT2D eigenvalue weighted by Gasteiger charge is 2.32. The molecule has 1 saturated carbocycles. The van der Waals surface area contributed by atoms with E-state index in [0.717, 1.165) is 6.04 Å². The fourth-order valence-corrected chi connectivity index (χ4v) is 3.97. The highest BCUT2D eigenvalue weighted by atomic mass is 32.1. The largest absolute Gasteiger partial charge is 0.310 e. The van der Waals surface area contributed by atoms with Gasteiger partial charge in [0.1, 0.15) is 0 Å². The SMILES string of the molecule is Cc1nc(C)c(C(C)N2CCC(NC3CC3)C2)s1. The number of aryl methyl sites for hydroxylation is 2. The maximum atomic E-state index is 4.56. The van der Waals surface area contributed by atoms with Crippen molar-refractivity contribution >= 4 is 11.3 Å². The van der Waals surface area contributed by atoms with Gasteiger partial charge >= 0.3 is 0 Å². The summed E-state index contributed by atoms with van der Waals surface area (Å²) in [5.74, 6) is 0. The Morgan fingerprint density at radius 3 is 2.67 bits per heavy atom. The molecule has 1 aliphatic carbocycles. The molecule has 3 nitrogen and oxygen atoms in total. The van der Waals surface area contributed by atoms with Gasteiger partial charge in [0.25, 0.3) is 0 Å². The monoisotopic (exact) mass is 265 g/mol. The first-order valence-corrected chi connectivity index (χ1v) is 7.89. The molecule has 4 heteroatoms. The molecule has 2 unspecified atom stereocenters. The third kappa shape index (κ3) is 2.60. The first-order valence-electron chi connectivity index (χ1n) is 7.07. The molecule has 2 heterocycles. The van der Waals surface area contributed by atoms with Gasteiger partial charge in [-0.25, -0.2) is 4.98 Å². The molecule has 2 fully saturated rings. The van der Waals surface area contributed by atoms with Crippen LogP contribution in [0, 0.1) is 13.8 Å². The lowest BCUT2D eigenvalue weighted by atomic mass is 10.2. The van der Waals surface area contributed by atoms with Crippen LogP contribution < -0.4 is 5.32 Å². The summed E-state index contributed by atoms with van der Waals surface area (Å²) in [5.41, 5.74) is 1.23. The van der Waals surface area contributed by atoms with Crippen LogP contribution in [0.4, 0.5) is 0 Å². The molecule has 100 valence electrons. The summed E-state index contributed by atoms with van der Waals surface area (Å²) >= 11 is 1.86. The Labute approximate surface area is 114 Å². The molecule has 1 saturated heterocycles. The number of hydrogen-bond donors (Lipinski definition) is 1. The highest BCUT2D eigenvalue weighted by Crippen LogP contribution is 2.32. The van der Waals surface area contributed by atoms with Gasteiger partial charge in [0, 0.05) is 36.1 Å². The topological polar surface area (TPSA) is 28.2 Å². The lowest BCUT2D eigenvalue weighted by Crippen LogP contribution is -2.34. The standard InChI is InChI=1S/C14H23N3S/c1-9-14(18-11(3)15-9)10(2)17-7-6-13(8-17)16-12-4-5-12/h10,12-13,16H,4-8H2,1-3H3. The van der Waals surface area contributed by atoms with E-state index in [0.29, 0.717) is 12.1 Å². The van der Waals surface area contributed by atoms with Crippen LogP contribution in [0.2, 0.25) is 0 Å². The van der Waals surface area contributed by atoms with Gasteiger partial charge in [0.15, 0.2) is 0 Å². The molecule has 2 aliphatic rings. The van der Waals surface area contributed by atoms with Crippen LogP contribution in [-0.2, 0) is 0 Å². The predicted molar refractivity (Wildman–Crippen MR) is 76.1 cm³/mol. The molecule has 3 rings (SSSR count). The van der Waals surface area contributed by atoms with E-state index < -0.39 is 0 Å². The van der Waals surface area contributed by atoms with E-state index in [1.807, 2.05) is 11.3 Å². The van der Waals surface area contributed by atoms with Gasteiger partial charge in [-0.3, -0.25) is 4.90 Å². The van der Waals surface area contributed by atoms with Gasteiger partial charge in [0.2, 0.25) is 0 Å². The average molecular weight is 265 g/mol. The third-order valence-corrected chi connectivity index (χ3v) is 5.38. The van der Waals surface area contributed by atoms with E-state index in [9.17, 15) is 0 Å². The highest BCUT2D eigenvalue weighted by molar-refractivity contribution is 7.11. The van der Waals surface area contributed by atoms with Gasteiger partial charge in [0.05, 0.1) is 10.7 Å². The van der Waals surface area contributed by atoms with Crippen LogP contribution in [0.3, 0.4) is 0 Å². The van der Waals surface area contributed by atoms with Crippen LogP contribution in [-0.4, -0.2) is 35.1 Å². The summed E-state index contributed by atoms with van der Waals surface area (Å²) in [5, 5.41) is 4.95. The summed E-state index contributed by atoms with van der Waals surface area (Å²) < 4.78 is 0. The van der Waals surface area contributed by atoms with Gasteiger partial charge in [-0.15, -0.1) is 11.3 Å². The first kappa shape index (κ1) is 12.6. The number of aromatic nitrogens is 1. The molecular formula is C14H23N3S. The van der Waals surface area contributed by atoms with Crippen molar-refractivity contribution in [2.75, 3.05) is 13.1 Å². The minimum Gasteiger partial charge on any atom is -0.310 e. The number of rotatable bonds is 4. The van der Waals surface area contributed by atoms with Gasteiger partial charge in [-0.2, -0.15) is 0 Å². The quantitative estimate of drug-likeness (QED) is 0.907. The van der Waals surface area contributed by atoms with Crippen LogP contribution in [0.5, 0.6) is 0 Å². The minimum absolute atomic E-state index is 0.530. The molecule has 0 amide bonds. The summed E-state index contributed by atoms with van der Waals surface area (Å²) in [7, 11) is 0. The normalized spacial score (nSPS) is 26.7. The Balaban J connectivity index is 1.62. The van der Waals surface area contributed by atoms with Crippen molar-refractivity contribution in [3.63, 3.8) is 0 Å². The van der Waals surface area contributed by atoms with E-state index >= 15 is 0 Å². The second-order valence-electron chi connectivity index (χ2n) is 5.78. The molecule has 0 radical (unpaired) electrons. The lowest BCUT2D eigenvalue weighted by Gasteiger charge is -2.24. The van der Waals surface area contributed by atoms with E-state index in [4.69, 9.17) is 0 Å². The van der Waals surface area contributed by atoms with Crippen molar-refractivity contribution in [2.24, 2.45) is 0 Å². The molecule has 18 heavy (non-hydrogen) atoms.